The predicted molar refractivity (Wildman–Crippen MR) is 67.7 cm³/mol. The maximum atomic E-state index is 12.2. The highest BCUT2D eigenvalue weighted by Crippen LogP contribution is 2.33. The van der Waals surface area contributed by atoms with Gasteiger partial charge < -0.3 is 14.6 Å². The van der Waals surface area contributed by atoms with Crippen LogP contribution in [0.3, 0.4) is 0 Å². The molecule has 1 aromatic rings. The Morgan fingerprint density at radius 1 is 1.32 bits per heavy atom. The molecule has 0 N–H and O–H groups in total. The Labute approximate surface area is 111 Å². The van der Waals surface area contributed by atoms with Crippen molar-refractivity contribution in [1.82, 2.24) is 0 Å². The van der Waals surface area contributed by atoms with Crippen molar-refractivity contribution in [1.29, 1.82) is 0 Å². The number of nitrogens with zero attached hydrogens (tertiary/aromatic N) is 1. The fourth-order valence-corrected chi connectivity index (χ4v) is 2.11. The van der Waals surface area contributed by atoms with Crippen molar-refractivity contribution >= 4 is 17.7 Å². The molecular weight excluding hydrogens is 246 g/mol. The Hall–Kier alpha value is -2.04. The van der Waals surface area contributed by atoms with Gasteiger partial charge in [-0.3, -0.25) is 4.90 Å². The van der Waals surface area contributed by atoms with Crippen molar-refractivity contribution in [3.8, 4) is 0 Å². The highest BCUT2D eigenvalue weighted by molar-refractivity contribution is 5.98. The van der Waals surface area contributed by atoms with E-state index < -0.39 is 23.7 Å². The monoisotopic (exact) mass is 262 g/mol. The number of carbonyl (C=O) groups excluding carboxylic acids is 2. The molecular formula is C14H16NO4-. The van der Waals surface area contributed by atoms with E-state index in [4.69, 9.17) is 4.74 Å². The molecule has 102 valence electrons. The molecule has 1 aromatic carbocycles. The molecule has 0 saturated heterocycles. The lowest BCUT2D eigenvalue weighted by Gasteiger charge is -2.29. The molecule has 0 radical (unpaired) electrons. The van der Waals surface area contributed by atoms with Gasteiger partial charge in [0.15, 0.2) is 0 Å². The summed E-state index contributed by atoms with van der Waals surface area (Å²) in [4.78, 5) is 24.5. The van der Waals surface area contributed by atoms with Gasteiger partial charge in [0.2, 0.25) is 0 Å². The molecule has 0 fully saturated rings. The van der Waals surface area contributed by atoms with Crippen LogP contribution in [0.25, 0.3) is 0 Å². The van der Waals surface area contributed by atoms with Crippen LogP contribution in [0.5, 0.6) is 0 Å². The number of amides is 1. The summed E-state index contributed by atoms with van der Waals surface area (Å²) in [5, 5.41) is 11.2. The van der Waals surface area contributed by atoms with Crippen LogP contribution in [0.4, 0.5) is 10.5 Å². The largest absolute Gasteiger partial charge is 0.548 e. The van der Waals surface area contributed by atoms with Crippen LogP contribution in [0, 0.1) is 0 Å². The number of rotatable bonds is 1. The molecule has 1 amide bonds. The van der Waals surface area contributed by atoms with Gasteiger partial charge in [-0.2, -0.15) is 0 Å². The standard InChI is InChI=1S/C14H17NO4/c1-14(2,3)19-13(18)15-10-7-5-4-6-9(10)8-11(15)12(16)17/h4-7,11H,8H2,1-3H3,(H,16,17)/p-1/t11-/m1/s1. The van der Waals surface area contributed by atoms with Gasteiger partial charge in [0.25, 0.3) is 0 Å². The van der Waals surface area contributed by atoms with Crippen LogP contribution in [-0.4, -0.2) is 23.7 Å². The topological polar surface area (TPSA) is 69.7 Å². The van der Waals surface area contributed by atoms with Crippen LogP contribution in [0.15, 0.2) is 24.3 Å². The molecule has 2 rings (SSSR count). The van der Waals surface area contributed by atoms with Gasteiger partial charge in [-0.1, -0.05) is 18.2 Å². The minimum Gasteiger partial charge on any atom is -0.548 e. The highest BCUT2D eigenvalue weighted by Gasteiger charge is 2.36. The normalized spacial score (nSPS) is 18.1. The molecule has 0 aromatic heterocycles. The number of para-hydroxylation sites is 1. The molecule has 19 heavy (non-hydrogen) atoms. The Morgan fingerprint density at radius 2 is 1.95 bits per heavy atom. The number of hydrogen-bond acceptors (Lipinski definition) is 4. The summed E-state index contributed by atoms with van der Waals surface area (Å²) in [5.74, 6) is -1.28. The maximum Gasteiger partial charge on any atom is 0.415 e. The summed E-state index contributed by atoms with van der Waals surface area (Å²) in [6.07, 6.45) is -0.413. The van der Waals surface area contributed by atoms with E-state index in [0.717, 1.165) is 10.5 Å². The van der Waals surface area contributed by atoms with Crippen LogP contribution >= 0.6 is 0 Å². The molecule has 0 aliphatic carbocycles. The van der Waals surface area contributed by atoms with Gasteiger partial charge in [-0.25, -0.2) is 4.79 Å². The first-order chi connectivity index (χ1) is 8.79. The summed E-state index contributed by atoms with van der Waals surface area (Å²) in [6.45, 7) is 5.21. The summed E-state index contributed by atoms with van der Waals surface area (Å²) in [5.41, 5.74) is 0.707. The second kappa shape index (κ2) is 4.57. The van der Waals surface area contributed by atoms with E-state index in [1.165, 1.54) is 0 Å². The van der Waals surface area contributed by atoms with Gasteiger partial charge in [-0.15, -0.1) is 0 Å². The highest BCUT2D eigenvalue weighted by atomic mass is 16.6. The number of aliphatic carboxylic acids is 1. The Balaban J connectivity index is 2.34. The quantitative estimate of drug-likeness (QED) is 0.760. The average molecular weight is 262 g/mol. The van der Waals surface area contributed by atoms with E-state index in [-0.39, 0.29) is 6.42 Å². The number of carbonyl (C=O) groups is 2. The first-order valence-corrected chi connectivity index (χ1v) is 6.10. The number of anilines is 1. The van der Waals surface area contributed by atoms with E-state index in [1.54, 1.807) is 39.0 Å². The SMILES string of the molecule is CC(C)(C)OC(=O)N1c2ccccc2C[C@@H]1C(=O)[O-]. The lowest BCUT2D eigenvalue weighted by atomic mass is 10.1. The number of hydrogen-bond donors (Lipinski definition) is 0. The zero-order valence-corrected chi connectivity index (χ0v) is 11.2. The first-order valence-electron chi connectivity index (χ1n) is 6.10. The van der Waals surface area contributed by atoms with Crippen LogP contribution in [0.2, 0.25) is 0 Å². The Morgan fingerprint density at radius 3 is 2.53 bits per heavy atom. The molecule has 5 nitrogen and oxygen atoms in total. The Bertz CT molecular complexity index is 518. The molecule has 5 heteroatoms. The van der Waals surface area contributed by atoms with Crippen molar-refractivity contribution < 1.29 is 19.4 Å². The van der Waals surface area contributed by atoms with Gasteiger partial charge in [0, 0.05) is 6.42 Å². The number of benzene rings is 1. The first kappa shape index (κ1) is 13.4. The number of carboxylic acid groups (broad SMARTS) is 1. The zero-order chi connectivity index (χ0) is 14.2. The van der Waals surface area contributed by atoms with E-state index in [2.05, 4.69) is 0 Å². The van der Waals surface area contributed by atoms with E-state index >= 15 is 0 Å². The van der Waals surface area contributed by atoms with Gasteiger partial charge in [-0.05, 0) is 32.4 Å². The fourth-order valence-electron chi connectivity index (χ4n) is 2.11. The van der Waals surface area contributed by atoms with E-state index in [9.17, 15) is 14.7 Å². The number of carboxylic acids is 1. The molecule has 0 saturated carbocycles. The minimum absolute atomic E-state index is 0.248. The smallest absolute Gasteiger partial charge is 0.415 e. The third-order valence-corrected chi connectivity index (χ3v) is 2.84. The van der Waals surface area contributed by atoms with Gasteiger partial charge >= 0.3 is 6.09 Å². The maximum absolute atomic E-state index is 12.2. The summed E-state index contributed by atoms with van der Waals surface area (Å²) in [6, 6.07) is 6.07. The lowest BCUT2D eigenvalue weighted by Crippen LogP contribution is -2.50. The average Bonchev–Trinajstić information content (AvgIpc) is 2.65. The van der Waals surface area contributed by atoms with Gasteiger partial charge in [0.05, 0.1) is 17.7 Å². The molecule has 0 spiro atoms. The van der Waals surface area contributed by atoms with Crippen molar-refractivity contribution in [2.24, 2.45) is 0 Å². The summed E-state index contributed by atoms with van der Waals surface area (Å²) < 4.78 is 5.25. The van der Waals surface area contributed by atoms with Crippen molar-refractivity contribution in [3.63, 3.8) is 0 Å². The van der Waals surface area contributed by atoms with E-state index in [1.807, 2.05) is 6.07 Å². The van der Waals surface area contributed by atoms with Crippen LogP contribution in [0.1, 0.15) is 26.3 Å². The second-order valence-electron chi connectivity index (χ2n) is 5.52. The van der Waals surface area contributed by atoms with E-state index in [0.29, 0.717) is 5.69 Å². The minimum atomic E-state index is -1.28. The molecule has 1 aliphatic rings. The fraction of sp³-hybridized carbons (Fsp3) is 0.429. The van der Waals surface area contributed by atoms with Crippen molar-refractivity contribution in [3.05, 3.63) is 29.8 Å². The third kappa shape index (κ3) is 2.70. The third-order valence-electron chi connectivity index (χ3n) is 2.84. The summed E-state index contributed by atoms with van der Waals surface area (Å²) >= 11 is 0. The van der Waals surface area contributed by atoms with Crippen molar-refractivity contribution in [2.45, 2.75) is 38.8 Å². The second-order valence-corrected chi connectivity index (χ2v) is 5.52. The zero-order valence-electron chi connectivity index (χ0n) is 11.2. The van der Waals surface area contributed by atoms with Crippen LogP contribution in [-0.2, 0) is 16.0 Å². The number of fused-ring (bicyclic) bond motifs is 1. The molecule has 1 aliphatic heterocycles. The predicted octanol–water partition coefficient (Wildman–Crippen LogP) is 1.10. The molecule has 0 unspecified atom stereocenters. The van der Waals surface area contributed by atoms with Crippen LogP contribution < -0.4 is 10.0 Å². The lowest BCUT2D eigenvalue weighted by molar-refractivity contribution is -0.307. The Kier molecular flexibility index (Phi) is 3.22. The molecule has 0 bridgehead atoms. The van der Waals surface area contributed by atoms with Crippen molar-refractivity contribution in [2.75, 3.05) is 4.90 Å². The summed E-state index contributed by atoms with van der Waals surface area (Å²) in [7, 11) is 0. The number of ether oxygens (including phenoxy) is 1. The van der Waals surface area contributed by atoms with Gasteiger partial charge in [0.1, 0.15) is 5.60 Å². The molecule has 1 heterocycles. The molecule has 1 atom stereocenters.